The molecule has 2 aromatic rings. The van der Waals surface area contributed by atoms with Crippen molar-refractivity contribution in [2.75, 3.05) is 31.5 Å². The average Bonchev–Trinajstić information content (AvgIpc) is 3.22. The summed E-state index contributed by atoms with van der Waals surface area (Å²) in [7, 11) is 1.61. The molecule has 1 aliphatic carbocycles. The monoisotopic (exact) mass is 414 g/mol. The highest BCUT2D eigenvalue weighted by molar-refractivity contribution is 7.92. The van der Waals surface area contributed by atoms with Crippen LogP contribution in [0.15, 0.2) is 29.3 Å². The third kappa shape index (κ3) is 4.68. The number of pyridine rings is 2. The molecule has 1 atom stereocenters. The Bertz CT molecular complexity index is 824. The molecular formula is C22H30N4O2S. The second kappa shape index (κ2) is 9.32. The van der Waals surface area contributed by atoms with Gasteiger partial charge in [0, 0.05) is 36.8 Å². The molecule has 0 amide bonds. The average molecular weight is 415 g/mol. The lowest BCUT2D eigenvalue weighted by molar-refractivity contribution is 0.303. The van der Waals surface area contributed by atoms with Crippen molar-refractivity contribution in [2.45, 2.75) is 56.3 Å². The Morgan fingerprint density at radius 3 is 2.72 bits per heavy atom. The largest absolute Gasteiger partial charge is 0.588 e. The second-order valence-electron chi connectivity index (χ2n) is 7.86. The van der Waals surface area contributed by atoms with E-state index in [9.17, 15) is 4.55 Å². The maximum absolute atomic E-state index is 12.9. The fourth-order valence-electron chi connectivity index (χ4n) is 4.33. The van der Waals surface area contributed by atoms with Crippen LogP contribution in [0.25, 0.3) is 0 Å². The number of fused-ring (bicyclic) bond motifs is 1. The van der Waals surface area contributed by atoms with Crippen molar-refractivity contribution in [1.29, 1.82) is 0 Å². The van der Waals surface area contributed by atoms with E-state index in [1.807, 2.05) is 12.1 Å². The number of likely N-dealkylation sites (N-methyl/N-ethyl adjacent to an activating group) is 1. The van der Waals surface area contributed by atoms with Crippen LogP contribution < -0.4 is 9.46 Å². The molecule has 6 nitrogen and oxygen atoms in total. The van der Waals surface area contributed by atoms with Crippen molar-refractivity contribution in [3.8, 4) is 5.88 Å². The SMILES string of the molecule is CCN1CCc2cc(N[S+]([O-])c3ccc(C4CCCC4)nc3)c(OC)nc2CC1. The Morgan fingerprint density at radius 2 is 2.03 bits per heavy atom. The van der Waals surface area contributed by atoms with Crippen LogP contribution in [-0.4, -0.2) is 46.2 Å². The number of hydrogen-bond acceptors (Lipinski definition) is 6. The number of rotatable bonds is 6. The van der Waals surface area contributed by atoms with E-state index >= 15 is 0 Å². The van der Waals surface area contributed by atoms with Crippen molar-refractivity contribution < 1.29 is 9.29 Å². The Kier molecular flexibility index (Phi) is 6.57. The molecule has 0 aromatic carbocycles. The lowest BCUT2D eigenvalue weighted by Crippen LogP contribution is -2.25. The summed E-state index contributed by atoms with van der Waals surface area (Å²) in [4.78, 5) is 12.4. The highest BCUT2D eigenvalue weighted by atomic mass is 32.2. The van der Waals surface area contributed by atoms with Gasteiger partial charge in [0.05, 0.1) is 13.3 Å². The van der Waals surface area contributed by atoms with Gasteiger partial charge in [-0.2, -0.15) is 4.72 Å². The van der Waals surface area contributed by atoms with Crippen LogP contribution in [0.1, 0.15) is 55.5 Å². The number of ether oxygens (including phenoxy) is 1. The number of anilines is 1. The number of methoxy groups -OCH3 is 1. The minimum Gasteiger partial charge on any atom is -0.588 e. The molecule has 1 unspecified atom stereocenters. The molecule has 1 fully saturated rings. The Balaban J connectivity index is 1.50. The summed E-state index contributed by atoms with van der Waals surface area (Å²) < 4.78 is 21.5. The number of nitrogens with one attached hydrogen (secondary N) is 1. The molecule has 2 aromatic heterocycles. The maximum Gasteiger partial charge on any atom is 0.241 e. The van der Waals surface area contributed by atoms with Gasteiger partial charge in [-0.05, 0) is 49.6 Å². The van der Waals surface area contributed by atoms with Gasteiger partial charge in [0.2, 0.25) is 5.88 Å². The fraction of sp³-hybridized carbons (Fsp3) is 0.545. The van der Waals surface area contributed by atoms with Crippen LogP contribution in [0.5, 0.6) is 5.88 Å². The van der Waals surface area contributed by atoms with Crippen LogP contribution in [-0.2, 0) is 24.2 Å². The maximum atomic E-state index is 12.9. The van der Waals surface area contributed by atoms with E-state index in [-0.39, 0.29) is 0 Å². The van der Waals surface area contributed by atoms with Gasteiger partial charge in [0.25, 0.3) is 0 Å². The van der Waals surface area contributed by atoms with Crippen molar-refractivity contribution in [3.05, 3.63) is 41.3 Å². The summed E-state index contributed by atoms with van der Waals surface area (Å²) in [6, 6.07) is 6.00. The third-order valence-corrected chi connectivity index (χ3v) is 7.18. The van der Waals surface area contributed by atoms with Gasteiger partial charge in [0.1, 0.15) is 17.0 Å². The lowest BCUT2D eigenvalue weighted by atomic mass is 10.0. The summed E-state index contributed by atoms with van der Waals surface area (Å²) in [5.41, 5.74) is 4.08. The van der Waals surface area contributed by atoms with Crippen LogP contribution in [0.4, 0.5) is 5.69 Å². The normalized spacial score (nSPS) is 18.9. The first-order valence-electron chi connectivity index (χ1n) is 10.6. The molecule has 0 saturated heterocycles. The van der Waals surface area contributed by atoms with E-state index in [4.69, 9.17) is 9.72 Å². The first-order valence-corrected chi connectivity index (χ1v) is 11.8. The molecular weight excluding hydrogens is 384 g/mol. The standard InChI is InChI=1S/C22H30N4O2S/c1-3-26-12-10-17-14-21(22(28-2)24-20(17)11-13-26)25-29(27)18-8-9-19(23-15-18)16-6-4-5-7-16/h8-9,14-16,25H,3-7,10-13H2,1-2H3. The predicted octanol–water partition coefficient (Wildman–Crippen LogP) is 3.70. The minimum absolute atomic E-state index is 0.498. The molecule has 156 valence electrons. The minimum atomic E-state index is -1.41. The topological polar surface area (TPSA) is 73.3 Å². The smallest absolute Gasteiger partial charge is 0.241 e. The van der Waals surface area contributed by atoms with E-state index in [0.29, 0.717) is 22.4 Å². The van der Waals surface area contributed by atoms with E-state index in [2.05, 4.69) is 27.6 Å². The third-order valence-electron chi connectivity index (χ3n) is 6.11. The van der Waals surface area contributed by atoms with Gasteiger partial charge in [-0.15, -0.1) is 0 Å². The molecule has 7 heteroatoms. The highest BCUT2D eigenvalue weighted by Gasteiger charge is 2.23. The highest BCUT2D eigenvalue weighted by Crippen LogP contribution is 2.33. The van der Waals surface area contributed by atoms with Crippen molar-refractivity contribution in [2.24, 2.45) is 0 Å². The molecule has 1 N–H and O–H groups in total. The molecule has 0 spiro atoms. The van der Waals surface area contributed by atoms with Crippen LogP contribution >= 0.6 is 0 Å². The van der Waals surface area contributed by atoms with Crippen molar-refractivity contribution in [3.63, 3.8) is 0 Å². The fourth-order valence-corrected chi connectivity index (χ4v) is 5.13. The molecule has 4 rings (SSSR count). The van der Waals surface area contributed by atoms with Gasteiger partial charge < -0.3 is 14.2 Å². The molecule has 2 aliphatic rings. The van der Waals surface area contributed by atoms with E-state index < -0.39 is 11.4 Å². The first-order chi connectivity index (χ1) is 14.2. The molecule has 3 heterocycles. The van der Waals surface area contributed by atoms with Crippen LogP contribution in [0.2, 0.25) is 0 Å². The van der Waals surface area contributed by atoms with E-state index in [1.165, 1.54) is 31.2 Å². The summed E-state index contributed by atoms with van der Waals surface area (Å²) in [6.07, 6.45) is 8.57. The molecule has 0 radical (unpaired) electrons. The summed E-state index contributed by atoms with van der Waals surface area (Å²) >= 11 is -1.41. The zero-order valence-electron chi connectivity index (χ0n) is 17.3. The van der Waals surface area contributed by atoms with Crippen molar-refractivity contribution in [1.82, 2.24) is 14.9 Å². The summed E-state index contributed by atoms with van der Waals surface area (Å²) in [5, 5.41) is 0. The summed E-state index contributed by atoms with van der Waals surface area (Å²) in [6.45, 7) is 5.26. The van der Waals surface area contributed by atoms with Crippen LogP contribution in [0, 0.1) is 0 Å². The van der Waals surface area contributed by atoms with Gasteiger partial charge >= 0.3 is 0 Å². The van der Waals surface area contributed by atoms with Crippen molar-refractivity contribution >= 4 is 17.0 Å². The quantitative estimate of drug-likeness (QED) is 0.727. The zero-order valence-corrected chi connectivity index (χ0v) is 18.1. The van der Waals surface area contributed by atoms with Gasteiger partial charge in [-0.25, -0.2) is 4.98 Å². The number of aromatic nitrogens is 2. The number of hydrogen-bond donors (Lipinski definition) is 1. The zero-order chi connectivity index (χ0) is 20.2. The molecule has 1 saturated carbocycles. The van der Waals surface area contributed by atoms with Crippen LogP contribution in [0.3, 0.4) is 0 Å². The lowest BCUT2D eigenvalue weighted by Gasteiger charge is -2.16. The number of nitrogens with zero attached hydrogens (tertiary/aromatic N) is 3. The first kappa shape index (κ1) is 20.4. The molecule has 0 bridgehead atoms. The van der Waals surface area contributed by atoms with Gasteiger partial charge in [-0.1, -0.05) is 19.8 Å². The Morgan fingerprint density at radius 1 is 1.24 bits per heavy atom. The van der Waals surface area contributed by atoms with Gasteiger partial charge in [-0.3, -0.25) is 4.98 Å². The van der Waals surface area contributed by atoms with Gasteiger partial charge in [0.15, 0.2) is 4.90 Å². The van der Waals surface area contributed by atoms with E-state index in [0.717, 1.165) is 43.9 Å². The van der Waals surface area contributed by atoms with E-state index in [1.54, 1.807) is 13.3 Å². The second-order valence-corrected chi connectivity index (χ2v) is 9.07. The predicted molar refractivity (Wildman–Crippen MR) is 116 cm³/mol. The Hall–Kier alpha value is -1.83. The molecule has 1 aliphatic heterocycles. The summed E-state index contributed by atoms with van der Waals surface area (Å²) in [5.74, 6) is 1.06. The molecule has 29 heavy (non-hydrogen) atoms. The Labute approximate surface area is 176 Å².